The molecule has 1 saturated carbocycles. The Morgan fingerprint density at radius 3 is 2.83 bits per heavy atom. The highest BCUT2D eigenvalue weighted by molar-refractivity contribution is 7.11. The number of amides is 1. The zero-order valence-corrected chi connectivity index (χ0v) is 11.5. The lowest BCUT2D eigenvalue weighted by Gasteiger charge is -2.21. The smallest absolute Gasteiger partial charge is 0.257 e. The summed E-state index contributed by atoms with van der Waals surface area (Å²) in [6.45, 7) is 0.908. The van der Waals surface area contributed by atoms with Gasteiger partial charge in [-0.15, -0.1) is 0 Å². The molecular weight excluding hydrogens is 248 g/mol. The van der Waals surface area contributed by atoms with E-state index in [0.717, 1.165) is 11.5 Å². The molecule has 1 aromatic rings. The van der Waals surface area contributed by atoms with Crippen LogP contribution in [0.4, 0.5) is 10.8 Å². The van der Waals surface area contributed by atoms with E-state index in [0.29, 0.717) is 17.3 Å². The first-order chi connectivity index (χ1) is 8.72. The van der Waals surface area contributed by atoms with Crippen molar-refractivity contribution >= 4 is 28.3 Å². The zero-order valence-electron chi connectivity index (χ0n) is 10.7. The molecule has 0 unspecified atom stereocenters. The summed E-state index contributed by atoms with van der Waals surface area (Å²) in [7, 11) is 1.60. The average molecular weight is 268 g/mol. The standard InChI is InChI=1S/C12H20N4OS/c1-14-11(17)9-10(13)16-18-12(9)15-7-8-5-3-2-4-6-8/h8,15H,2-7H2,1H3,(H2,13,16)(H,14,17). The number of nitrogen functional groups attached to an aromatic ring is 1. The van der Waals surface area contributed by atoms with Gasteiger partial charge in [-0.1, -0.05) is 19.3 Å². The van der Waals surface area contributed by atoms with Gasteiger partial charge in [-0.2, -0.15) is 4.37 Å². The number of nitrogens with one attached hydrogen (secondary N) is 2. The highest BCUT2D eigenvalue weighted by Gasteiger charge is 2.19. The van der Waals surface area contributed by atoms with Crippen LogP contribution in [0.15, 0.2) is 0 Å². The largest absolute Gasteiger partial charge is 0.382 e. The Kier molecular flexibility index (Phi) is 4.41. The average Bonchev–Trinajstić information content (AvgIpc) is 2.78. The van der Waals surface area contributed by atoms with Crippen molar-refractivity contribution in [3.05, 3.63) is 5.56 Å². The van der Waals surface area contributed by atoms with Gasteiger partial charge in [-0.25, -0.2) is 0 Å². The van der Waals surface area contributed by atoms with Gasteiger partial charge in [0.2, 0.25) is 0 Å². The van der Waals surface area contributed by atoms with Gasteiger partial charge in [0.25, 0.3) is 5.91 Å². The molecule has 0 bridgehead atoms. The predicted octanol–water partition coefficient (Wildman–Crippen LogP) is 2.08. The molecule has 0 radical (unpaired) electrons. The third kappa shape index (κ3) is 2.93. The first-order valence-corrected chi connectivity index (χ1v) is 7.20. The minimum atomic E-state index is -0.174. The molecule has 0 aliphatic heterocycles. The van der Waals surface area contributed by atoms with E-state index >= 15 is 0 Å². The number of anilines is 2. The van der Waals surface area contributed by atoms with E-state index in [2.05, 4.69) is 15.0 Å². The summed E-state index contributed by atoms with van der Waals surface area (Å²) in [4.78, 5) is 11.7. The zero-order chi connectivity index (χ0) is 13.0. The van der Waals surface area contributed by atoms with Crippen LogP contribution < -0.4 is 16.4 Å². The van der Waals surface area contributed by atoms with E-state index in [1.807, 2.05) is 0 Å². The lowest BCUT2D eigenvalue weighted by Crippen LogP contribution is -2.22. The van der Waals surface area contributed by atoms with Crippen LogP contribution in [0, 0.1) is 5.92 Å². The van der Waals surface area contributed by atoms with Gasteiger partial charge in [0, 0.05) is 13.6 Å². The van der Waals surface area contributed by atoms with Crippen LogP contribution >= 0.6 is 11.5 Å². The summed E-state index contributed by atoms with van der Waals surface area (Å²) >= 11 is 1.26. The van der Waals surface area contributed by atoms with Crippen molar-refractivity contribution in [2.75, 3.05) is 24.6 Å². The molecule has 1 heterocycles. The molecule has 18 heavy (non-hydrogen) atoms. The highest BCUT2D eigenvalue weighted by atomic mass is 32.1. The Morgan fingerprint density at radius 1 is 1.44 bits per heavy atom. The number of hydrogen-bond acceptors (Lipinski definition) is 5. The van der Waals surface area contributed by atoms with Crippen LogP contribution in [0.2, 0.25) is 0 Å². The lowest BCUT2D eigenvalue weighted by atomic mass is 9.89. The second-order valence-electron chi connectivity index (χ2n) is 4.74. The fourth-order valence-corrected chi connectivity index (χ4v) is 3.11. The van der Waals surface area contributed by atoms with Crippen molar-refractivity contribution in [3.8, 4) is 0 Å². The van der Waals surface area contributed by atoms with Gasteiger partial charge < -0.3 is 16.4 Å². The highest BCUT2D eigenvalue weighted by Crippen LogP contribution is 2.29. The van der Waals surface area contributed by atoms with E-state index in [9.17, 15) is 4.79 Å². The molecule has 1 fully saturated rings. The predicted molar refractivity (Wildman–Crippen MR) is 75.0 cm³/mol. The van der Waals surface area contributed by atoms with Crippen LogP contribution in [-0.4, -0.2) is 23.9 Å². The molecule has 0 atom stereocenters. The minimum Gasteiger partial charge on any atom is -0.382 e. The van der Waals surface area contributed by atoms with Crippen molar-refractivity contribution in [2.45, 2.75) is 32.1 Å². The number of rotatable bonds is 4. The molecule has 100 valence electrons. The Balaban J connectivity index is 1.98. The van der Waals surface area contributed by atoms with E-state index < -0.39 is 0 Å². The van der Waals surface area contributed by atoms with Gasteiger partial charge in [0.05, 0.1) is 0 Å². The van der Waals surface area contributed by atoms with Crippen molar-refractivity contribution in [2.24, 2.45) is 5.92 Å². The van der Waals surface area contributed by atoms with E-state index in [1.165, 1.54) is 43.6 Å². The van der Waals surface area contributed by atoms with Crippen molar-refractivity contribution < 1.29 is 4.79 Å². The number of nitrogens with two attached hydrogens (primary N) is 1. The first kappa shape index (κ1) is 13.1. The number of nitrogens with zero attached hydrogens (tertiary/aromatic N) is 1. The summed E-state index contributed by atoms with van der Waals surface area (Å²) in [5, 5.41) is 6.72. The van der Waals surface area contributed by atoms with Crippen molar-refractivity contribution in [3.63, 3.8) is 0 Å². The van der Waals surface area contributed by atoms with Crippen LogP contribution in [-0.2, 0) is 0 Å². The van der Waals surface area contributed by atoms with E-state index in [4.69, 9.17) is 5.73 Å². The fraction of sp³-hybridized carbons (Fsp3) is 0.667. The van der Waals surface area contributed by atoms with Gasteiger partial charge in [0.15, 0.2) is 5.82 Å². The summed E-state index contributed by atoms with van der Waals surface area (Å²) in [6, 6.07) is 0. The second kappa shape index (κ2) is 6.04. The monoisotopic (exact) mass is 268 g/mol. The molecule has 1 aliphatic rings. The molecule has 0 spiro atoms. The molecular formula is C12H20N4OS. The molecule has 4 N–H and O–H groups in total. The SMILES string of the molecule is CNC(=O)c1c(N)nsc1NCC1CCCCC1. The van der Waals surface area contributed by atoms with Gasteiger partial charge >= 0.3 is 0 Å². The Morgan fingerprint density at radius 2 is 2.17 bits per heavy atom. The molecule has 0 saturated heterocycles. The maximum absolute atomic E-state index is 11.7. The molecule has 1 amide bonds. The third-order valence-electron chi connectivity index (χ3n) is 3.45. The summed E-state index contributed by atoms with van der Waals surface area (Å²) < 4.78 is 4.05. The van der Waals surface area contributed by atoms with Crippen LogP contribution in [0.5, 0.6) is 0 Å². The van der Waals surface area contributed by atoms with E-state index in [-0.39, 0.29) is 5.91 Å². The summed E-state index contributed by atoms with van der Waals surface area (Å²) in [6.07, 6.45) is 6.54. The third-order valence-corrected chi connectivity index (χ3v) is 4.27. The Bertz CT molecular complexity index is 412. The normalized spacial score (nSPS) is 16.5. The topological polar surface area (TPSA) is 80.0 Å². The van der Waals surface area contributed by atoms with Gasteiger partial charge in [0.1, 0.15) is 10.6 Å². The lowest BCUT2D eigenvalue weighted by molar-refractivity contribution is 0.0965. The number of carbonyl (C=O) groups is 1. The quantitative estimate of drug-likeness (QED) is 0.781. The maximum atomic E-state index is 11.7. The van der Waals surface area contributed by atoms with Gasteiger partial charge in [-0.05, 0) is 30.3 Å². The van der Waals surface area contributed by atoms with E-state index in [1.54, 1.807) is 7.05 Å². The summed E-state index contributed by atoms with van der Waals surface area (Å²) in [5.41, 5.74) is 6.21. The molecule has 5 nitrogen and oxygen atoms in total. The van der Waals surface area contributed by atoms with Crippen LogP contribution in [0.1, 0.15) is 42.5 Å². The molecule has 6 heteroatoms. The number of aromatic nitrogens is 1. The molecule has 1 aliphatic carbocycles. The first-order valence-electron chi connectivity index (χ1n) is 6.43. The van der Waals surface area contributed by atoms with Crippen molar-refractivity contribution in [1.82, 2.24) is 9.69 Å². The number of carbonyl (C=O) groups excluding carboxylic acids is 1. The summed E-state index contributed by atoms with van der Waals surface area (Å²) in [5.74, 6) is 0.845. The van der Waals surface area contributed by atoms with Crippen molar-refractivity contribution in [1.29, 1.82) is 0 Å². The fourth-order valence-electron chi connectivity index (χ4n) is 2.40. The Hall–Kier alpha value is -1.30. The second-order valence-corrected chi connectivity index (χ2v) is 5.51. The molecule has 2 rings (SSSR count). The van der Waals surface area contributed by atoms with Crippen LogP contribution in [0.3, 0.4) is 0 Å². The number of hydrogen-bond donors (Lipinski definition) is 3. The van der Waals surface area contributed by atoms with Crippen LogP contribution in [0.25, 0.3) is 0 Å². The minimum absolute atomic E-state index is 0.174. The van der Waals surface area contributed by atoms with Gasteiger partial charge in [-0.3, -0.25) is 4.79 Å². The molecule has 1 aromatic heterocycles. The molecule has 0 aromatic carbocycles. The Labute approximate surface area is 111 Å². The maximum Gasteiger partial charge on any atom is 0.257 e.